The molecule has 28 heavy (non-hydrogen) atoms. The van der Waals surface area contributed by atoms with Crippen LogP contribution in [0.1, 0.15) is 11.1 Å². The number of hydrogen-bond acceptors (Lipinski definition) is 1. The predicted octanol–water partition coefficient (Wildman–Crippen LogP) is 7.30. The van der Waals surface area contributed by atoms with E-state index in [1.165, 1.54) is 39.1 Å². The van der Waals surface area contributed by atoms with Gasteiger partial charge in [-0.15, -0.1) is 0 Å². The number of hydrogen-bond donors (Lipinski definition) is 0. The lowest BCUT2D eigenvalue weighted by Gasteiger charge is -2.33. The molecular weight excluding hydrogens is 406 g/mol. The summed E-state index contributed by atoms with van der Waals surface area (Å²) in [5, 5.41) is 0. The number of nitrogens with zero attached hydrogens (tertiary/aromatic N) is 1. The Balaban J connectivity index is 1.49. The van der Waals surface area contributed by atoms with Gasteiger partial charge in [-0.1, -0.05) is 101 Å². The lowest BCUT2D eigenvalue weighted by atomic mass is 9.93. The fourth-order valence-corrected chi connectivity index (χ4v) is 4.53. The smallest absolute Gasteiger partial charge is 0.0452 e. The number of fused-ring (bicyclic) bond motifs is 3. The Labute approximate surface area is 174 Å². The third-order valence-electron chi connectivity index (χ3n) is 5.43. The maximum atomic E-state index is 3.82. The van der Waals surface area contributed by atoms with E-state index in [1.807, 2.05) is 0 Å². The fraction of sp³-hybridized carbons (Fsp3) is 0.0769. The summed E-state index contributed by atoms with van der Waals surface area (Å²) in [5.41, 5.74) is 9.15. The molecule has 0 spiro atoms. The van der Waals surface area contributed by atoms with Gasteiger partial charge in [-0.05, 0) is 39.9 Å². The highest BCUT2D eigenvalue weighted by Crippen LogP contribution is 2.40. The first-order valence-corrected chi connectivity index (χ1v) is 10.3. The predicted molar refractivity (Wildman–Crippen MR) is 121 cm³/mol. The van der Waals surface area contributed by atoms with E-state index < -0.39 is 0 Å². The van der Waals surface area contributed by atoms with Crippen molar-refractivity contribution in [1.29, 1.82) is 0 Å². The van der Waals surface area contributed by atoms with Gasteiger partial charge in [0.2, 0.25) is 0 Å². The van der Waals surface area contributed by atoms with Crippen LogP contribution in [-0.2, 0) is 13.1 Å². The van der Waals surface area contributed by atoms with Crippen molar-refractivity contribution >= 4 is 21.6 Å². The van der Waals surface area contributed by atoms with Crippen molar-refractivity contribution in [2.45, 2.75) is 13.1 Å². The molecule has 1 nitrogen and oxygen atoms in total. The zero-order valence-electron chi connectivity index (χ0n) is 15.5. The van der Waals surface area contributed by atoms with Crippen LogP contribution < -0.4 is 4.90 Å². The van der Waals surface area contributed by atoms with Crippen LogP contribution in [0.15, 0.2) is 102 Å². The van der Waals surface area contributed by atoms with Gasteiger partial charge in [-0.2, -0.15) is 0 Å². The summed E-state index contributed by atoms with van der Waals surface area (Å²) in [7, 11) is 0. The fourth-order valence-electron chi connectivity index (χ4n) is 4.02. The van der Waals surface area contributed by atoms with Gasteiger partial charge in [0, 0.05) is 28.8 Å². The largest absolute Gasteiger partial charge is 0.362 e. The van der Waals surface area contributed by atoms with Gasteiger partial charge >= 0.3 is 0 Å². The third-order valence-corrected chi connectivity index (χ3v) is 6.17. The summed E-state index contributed by atoms with van der Waals surface area (Å²) in [5.74, 6) is 0. The molecule has 1 heterocycles. The van der Waals surface area contributed by atoms with Crippen molar-refractivity contribution in [3.63, 3.8) is 0 Å². The Hall–Kier alpha value is -2.84. The molecule has 0 saturated heterocycles. The van der Waals surface area contributed by atoms with Gasteiger partial charge in [0.1, 0.15) is 0 Å². The van der Waals surface area contributed by atoms with Crippen LogP contribution in [0.4, 0.5) is 5.69 Å². The van der Waals surface area contributed by atoms with Crippen LogP contribution in [-0.4, -0.2) is 0 Å². The van der Waals surface area contributed by atoms with Crippen molar-refractivity contribution in [2.24, 2.45) is 0 Å². The van der Waals surface area contributed by atoms with Crippen molar-refractivity contribution in [3.8, 4) is 22.3 Å². The molecule has 0 fully saturated rings. The van der Waals surface area contributed by atoms with E-state index in [4.69, 9.17) is 0 Å². The quantitative estimate of drug-likeness (QED) is 0.332. The molecule has 2 heteroatoms. The summed E-state index contributed by atoms with van der Waals surface area (Å²) in [6.07, 6.45) is 0. The second kappa shape index (κ2) is 7.29. The van der Waals surface area contributed by atoms with Gasteiger partial charge < -0.3 is 4.90 Å². The minimum atomic E-state index is 0.876. The average molecular weight is 426 g/mol. The minimum absolute atomic E-state index is 0.876. The van der Waals surface area contributed by atoms with Crippen molar-refractivity contribution in [3.05, 3.63) is 113 Å². The molecule has 1 aliphatic rings. The number of rotatable bonds is 3. The van der Waals surface area contributed by atoms with Gasteiger partial charge in [0.15, 0.2) is 0 Å². The van der Waals surface area contributed by atoms with Crippen molar-refractivity contribution in [2.75, 3.05) is 4.90 Å². The van der Waals surface area contributed by atoms with E-state index in [-0.39, 0.29) is 0 Å². The van der Waals surface area contributed by atoms with E-state index in [2.05, 4.69) is 118 Å². The van der Waals surface area contributed by atoms with E-state index in [9.17, 15) is 0 Å². The normalized spacial score (nSPS) is 12.4. The first-order chi connectivity index (χ1) is 13.8. The monoisotopic (exact) mass is 425 g/mol. The second-order valence-electron chi connectivity index (χ2n) is 7.20. The zero-order chi connectivity index (χ0) is 18.9. The molecular formula is C26H20BrN. The van der Waals surface area contributed by atoms with Crippen molar-refractivity contribution in [1.82, 2.24) is 0 Å². The van der Waals surface area contributed by atoms with Crippen LogP contribution >= 0.6 is 15.9 Å². The van der Waals surface area contributed by atoms with Gasteiger partial charge in [0.05, 0.1) is 0 Å². The standard InChI is InChI=1S/C26H20BrN/c27-25-16-20(19-8-2-1-3-9-19)14-15-22(25)18-28-17-21-10-4-5-11-23(21)24-12-6-7-13-26(24)28/h1-16H,17-18H2. The Morgan fingerprint density at radius 2 is 1.39 bits per heavy atom. The molecule has 5 rings (SSSR count). The van der Waals surface area contributed by atoms with E-state index in [0.29, 0.717) is 0 Å². The molecule has 0 N–H and O–H groups in total. The first-order valence-electron chi connectivity index (χ1n) is 9.56. The molecule has 0 aromatic heterocycles. The number of benzene rings is 4. The summed E-state index contributed by atoms with van der Waals surface area (Å²) in [6.45, 7) is 1.81. The minimum Gasteiger partial charge on any atom is -0.362 e. The Bertz CT molecular complexity index is 1130. The van der Waals surface area contributed by atoms with Crippen LogP contribution in [0, 0.1) is 0 Å². The first kappa shape index (κ1) is 17.3. The highest BCUT2D eigenvalue weighted by atomic mass is 79.9. The maximum Gasteiger partial charge on any atom is 0.0452 e. The number of para-hydroxylation sites is 1. The van der Waals surface area contributed by atoms with Crippen LogP contribution in [0.25, 0.3) is 22.3 Å². The molecule has 0 radical (unpaired) electrons. The SMILES string of the molecule is Brc1cc(-c2ccccc2)ccc1CN1Cc2ccccc2-c2ccccc21. The molecule has 0 unspecified atom stereocenters. The Morgan fingerprint density at radius 3 is 2.21 bits per heavy atom. The van der Waals surface area contributed by atoms with Crippen molar-refractivity contribution < 1.29 is 0 Å². The molecule has 1 aliphatic heterocycles. The maximum absolute atomic E-state index is 3.82. The Kier molecular flexibility index (Phi) is 4.50. The summed E-state index contributed by atoms with van der Waals surface area (Å²) < 4.78 is 1.16. The summed E-state index contributed by atoms with van der Waals surface area (Å²) >= 11 is 3.82. The van der Waals surface area contributed by atoms with Crippen LogP contribution in [0.2, 0.25) is 0 Å². The van der Waals surface area contributed by atoms with Gasteiger partial charge in [0.25, 0.3) is 0 Å². The number of halogens is 1. The Morgan fingerprint density at radius 1 is 0.679 bits per heavy atom. The number of anilines is 1. The van der Waals surface area contributed by atoms with Crippen LogP contribution in [0.5, 0.6) is 0 Å². The van der Waals surface area contributed by atoms with E-state index in [0.717, 1.165) is 17.6 Å². The average Bonchev–Trinajstić information content (AvgIpc) is 2.76. The summed E-state index contributed by atoms with van der Waals surface area (Å²) in [6, 6.07) is 34.7. The summed E-state index contributed by atoms with van der Waals surface area (Å²) in [4.78, 5) is 2.47. The molecule has 0 bridgehead atoms. The van der Waals surface area contributed by atoms with E-state index in [1.54, 1.807) is 0 Å². The second-order valence-corrected chi connectivity index (χ2v) is 8.06. The highest BCUT2D eigenvalue weighted by Gasteiger charge is 2.21. The van der Waals surface area contributed by atoms with Gasteiger partial charge in [-0.25, -0.2) is 0 Å². The topological polar surface area (TPSA) is 3.24 Å². The lowest BCUT2D eigenvalue weighted by Crippen LogP contribution is -2.26. The molecule has 136 valence electrons. The molecule has 0 amide bonds. The van der Waals surface area contributed by atoms with E-state index >= 15 is 0 Å². The van der Waals surface area contributed by atoms with Gasteiger partial charge in [-0.3, -0.25) is 0 Å². The zero-order valence-corrected chi connectivity index (χ0v) is 17.1. The molecule has 4 aromatic carbocycles. The molecule has 0 aliphatic carbocycles. The molecule has 0 saturated carbocycles. The third kappa shape index (κ3) is 3.14. The molecule has 0 atom stereocenters. The van der Waals surface area contributed by atoms with Crippen LogP contribution in [0.3, 0.4) is 0 Å². The highest BCUT2D eigenvalue weighted by molar-refractivity contribution is 9.10. The lowest BCUT2D eigenvalue weighted by molar-refractivity contribution is 0.790. The molecule has 4 aromatic rings.